The predicted molar refractivity (Wildman–Crippen MR) is 281 cm³/mol. The quantitative estimate of drug-likeness (QED) is 0.0209. The van der Waals surface area contributed by atoms with E-state index in [1.165, 1.54) is 62.9 Å². The van der Waals surface area contributed by atoms with Gasteiger partial charge >= 0.3 is 33.3 Å². The minimum absolute atomic E-state index is 0.000979. The van der Waals surface area contributed by atoms with Gasteiger partial charge in [0.25, 0.3) is 0 Å². The lowest BCUT2D eigenvalue weighted by Gasteiger charge is -2.39. The van der Waals surface area contributed by atoms with Gasteiger partial charge in [0, 0.05) is 31.4 Å². The molecule has 0 spiro atoms. The second kappa shape index (κ2) is 36.8. The number of phosphoric ester groups is 2. The number of phosphoric acid groups is 2. The fourth-order valence-corrected chi connectivity index (χ4v) is 11.1. The summed E-state index contributed by atoms with van der Waals surface area (Å²) in [6.07, 6.45) is 16.5. The van der Waals surface area contributed by atoms with Gasteiger partial charge in [-0.1, -0.05) is 141 Å². The number of ether oxygens (including phenoxy) is 3. The molecule has 0 amide bonds. The van der Waals surface area contributed by atoms with Crippen molar-refractivity contribution in [2.24, 2.45) is 11.8 Å². The first-order valence-electron chi connectivity index (χ1n) is 27.5. The minimum atomic E-state index is -5.72. The van der Waals surface area contributed by atoms with E-state index in [9.17, 15) is 58.5 Å². The summed E-state index contributed by atoms with van der Waals surface area (Å²) in [5, 5.41) is 45.8. The van der Waals surface area contributed by atoms with Crippen molar-refractivity contribution in [3.05, 3.63) is 47.1 Å². The smallest absolute Gasteiger partial charge is 0.462 e. The third-order valence-electron chi connectivity index (χ3n) is 13.4. The summed E-state index contributed by atoms with van der Waals surface area (Å²) >= 11 is 0. The van der Waals surface area contributed by atoms with E-state index in [2.05, 4.69) is 28.4 Å². The number of rotatable bonds is 25. The van der Waals surface area contributed by atoms with E-state index in [0.29, 0.717) is 44.9 Å². The zero-order valence-electron chi connectivity index (χ0n) is 44.3. The summed E-state index contributed by atoms with van der Waals surface area (Å²) < 4.78 is 59.2. The number of Topliss-reactive ketones (excluding diaryl/α,β-unsaturated/α-hetero) is 1. The highest BCUT2D eigenvalue weighted by molar-refractivity contribution is 7.61. The predicted octanol–water partition coefficient (Wildman–Crippen LogP) is 8.37. The maximum Gasteiger partial charge on any atom is 0.481 e. The third kappa shape index (κ3) is 27.3. The summed E-state index contributed by atoms with van der Waals surface area (Å²) in [6, 6.07) is 1.24. The van der Waals surface area contributed by atoms with Crippen molar-refractivity contribution >= 4 is 39.2 Å². The molecule has 3 rings (SSSR count). The second-order valence-corrected chi connectivity index (χ2v) is 22.9. The molecule has 430 valence electrons. The van der Waals surface area contributed by atoms with E-state index in [0.717, 1.165) is 68.8 Å². The van der Waals surface area contributed by atoms with Crippen LogP contribution in [-0.4, -0.2) is 114 Å². The summed E-state index contributed by atoms with van der Waals surface area (Å²) in [7, 11) is -11.3. The summed E-state index contributed by atoms with van der Waals surface area (Å²) in [5.74, 6) is -5.05. The highest BCUT2D eigenvalue weighted by Gasteiger charge is 2.45. The van der Waals surface area contributed by atoms with Crippen LogP contribution in [0.5, 0.6) is 0 Å². The number of hydrogen-bond donors (Lipinski definition) is 7. The van der Waals surface area contributed by atoms with Gasteiger partial charge in [0.15, 0.2) is 6.10 Å². The van der Waals surface area contributed by atoms with Gasteiger partial charge in [-0.3, -0.25) is 28.0 Å². The number of nitrogens with two attached hydrogens (primary N) is 1. The molecule has 23 heteroatoms. The van der Waals surface area contributed by atoms with Crippen LogP contribution in [0.4, 0.5) is 5.82 Å². The first kappa shape index (κ1) is 66.1. The van der Waals surface area contributed by atoms with Gasteiger partial charge in [0.05, 0.1) is 37.4 Å². The molecule has 1 aromatic heterocycles. The Labute approximate surface area is 443 Å². The van der Waals surface area contributed by atoms with E-state index in [-0.39, 0.29) is 25.1 Å². The number of allylic oxidation sites excluding steroid dienone is 2. The standard InChI is InChI=1S/C52H89N3O18P2/c1-3-5-7-8-9-10-11-12-13-14-15-16-17-18-19-20-26-30-48(60)71-40-36-68-47(59)29-25-22-21-24-28-42-44(58)35-43(57)41(32-31-39(56)27-23-6-4-2)49(61)50(62)45(38-70-75(66,67)73-74(64,65)69-37-40)72-51(42)55-34-33-46(53)54-52(55)63/h12-13,31-34,39-42,44-45,49-51,56,58,61-62H,3-11,14-30,35-38H2,1-2H3,(H,64,65)(H,66,67)(H2,53,54,63)/b13-12-,32-31+/t39-,40+,41-,42-,44-,45+,49-,50+,51+/m0/s1. The van der Waals surface area contributed by atoms with Crippen LogP contribution in [-0.2, 0) is 51.1 Å². The molecule has 0 saturated carbocycles. The Morgan fingerprint density at radius 2 is 1.41 bits per heavy atom. The lowest BCUT2D eigenvalue weighted by atomic mass is 9.83. The summed E-state index contributed by atoms with van der Waals surface area (Å²) in [5.41, 5.74) is 4.78. The lowest BCUT2D eigenvalue weighted by Crippen LogP contribution is -2.51. The van der Waals surface area contributed by atoms with E-state index in [4.69, 9.17) is 29.0 Å². The number of ketones is 1. The van der Waals surface area contributed by atoms with Gasteiger partial charge in [-0.2, -0.15) is 9.29 Å². The number of unbranched alkanes of at least 4 members (excludes halogenated alkanes) is 15. The largest absolute Gasteiger partial charge is 0.481 e. The molecule has 11 atom stereocenters. The van der Waals surface area contributed by atoms with Gasteiger partial charge in [-0.05, 0) is 57.4 Å². The molecule has 2 saturated heterocycles. The maximum absolute atomic E-state index is 14.0. The number of esters is 2. The van der Waals surface area contributed by atoms with Crippen LogP contribution in [0.3, 0.4) is 0 Å². The van der Waals surface area contributed by atoms with Crippen LogP contribution in [0, 0.1) is 11.8 Å². The first-order valence-corrected chi connectivity index (χ1v) is 30.4. The SMILES string of the molecule is CCCCCCCC/C=C\CCCCCCCCCC(=O)O[C@@H]1COC(=O)CCCCCC[C@@H]2[C@H](n3ccc(N)nc3=O)O[C@H](COP(=O)(O)OP(=O)(O)OC1)[C@@H](O)[C@@H](O)[C@@H](/C=C/[C@@H](O)CCCCC)C(=O)C[C@@H]2O. The zero-order chi connectivity index (χ0) is 55.1. The number of fused-ring (bicyclic) bond motifs is 3. The average Bonchev–Trinajstić information content (AvgIpc) is 3.35. The Morgan fingerprint density at radius 3 is 2.07 bits per heavy atom. The molecule has 2 unspecified atom stereocenters. The summed E-state index contributed by atoms with van der Waals surface area (Å²) in [6.45, 7) is 1.49. The molecule has 3 heterocycles. The van der Waals surface area contributed by atoms with Crippen LogP contribution in [0.2, 0.25) is 0 Å². The van der Waals surface area contributed by atoms with Crippen molar-refractivity contribution in [1.82, 2.24) is 9.55 Å². The Hall–Kier alpha value is -3.17. The lowest BCUT2D eigenvalue weighted by molar-refractivity contribution is -0.188. The Morgan fingerprint density at radius 1 is 0.813 bits per heavy atom. The number of aromatic nitrogens is 2. The summed E-state index contributed by atoms with van der Waals surface area (Å²) in [4.78, 5) is 78.3. The van der Waals surface area contributed by atoms with Gasteiger partial charge in [-0.15, -0.1) is 0 Å². The number of aliphatic hydroxyl groups is 4. The molecule has 0 aromatic carbocycles. The molecular formula is C52H89N3O18P2. The number of carbonyl (C=O) groups excluding carboxylic acids is 3. The minimum Gasteiger partial charge on any atom is -0.462 e. The number of aliphatic hydroxyl groups excluding tert-OH is 4. The first-order chi connectivity index (χ1) is 35.9. The highest BCUT2D eigenvalue weighted by Crippen LogP contribution is 2.60. The molecule has 8 N–H and O–H groups in total. The molecular weight excluding hydrogens is 1020 g/mol. The topological polar surface area (TPSA) is 323 Å². The molecule has 75 heavy (non-hydrogen) atoms. The molecule has 2 fully saturated rings. The number of nitrogens with zero attached hydrogens (tertiary/aromatic N) is 2. The molecule has 2 aliphatic heterocycles. The van der Waals surface area contributed by atoms with E-state index >= 15 is 0 Å². The van der Waals surface area contributed by atoms with Crippen molar-refractivity contribution in [2.45, 2.75) is 230 Å². The Balaban J connectivity index is 1.74. The van der Waals surface area contributed by atoms with E-state index in [1.54, 1.807) is 0 Å². The van der Waals surface area contributed by atoms with Crippen molar-refractivity contribution in [3.63, 3.8) is 0 Å². The van der Waals surface area contributed by atoms with Crippen molar-refractivity contribution in [3.8, 4) is 0 Å². The van der Waals surface area contributed by atoms with Gasteiger partial charge in [-0.25, -0.2) is 13.9 Å². The molecule has 0 radical (unpaired) electrons. The van der Waals surface area contributed by atoms with E-state index in [1.807, 2.05) is 6.92 Å². The Bertz CT molecular complexity index is 2020. The van der Waals surface area contributed by atoms with E-state index < -0.39 is 120 Å². The number of anilines is 1. The van der Waals surface area contributed by atoms with Crippen molar-refractivity contribution in [2.75, 3.05) is 25.6 Å². The normalized spacial score (nSPS) is 29.0. The van der Waals surface area contributed by atoms with Gasteiger partial charge < -0.3 is 50.2 Å². The van der Waals surface area contributed by atoms with Crippen LogP contribution >= 0.6 is 15.6 Å². The van der Waals surface area contributed by atoms with Crippen LogP contribution < -0.4 is 11.4 Å². The molecule has 21 nitrogen and oxygen atoms in total. The average molecular weight is 1110 g/mol. The zero-order valence-corrected chi connectivity index (χ0v) is 46.1. The van der Waals surface area contributed by atoms with Crippen molar-refractivity contribution < 1.29 is 81.3 Å². The second-order valence-electron chi connectivity index (χ2n) is 19.9. The van der Waals surface area contributed by atoms with Crippen LogP contribution in [0.25, 0.3) is 0 Å². The van der Waals surface area contributed by atoms with Crippen molar-refractivity contribution in [1.29, 1.82) is 0 Å². The number of carbonyl (C=O) groups is 3. The molecule has 0 aliphatic carbocycles. The highest BCUT2D eigenvalue weighted by atomic mass is 31.3. The fourth-order valence-electron chi connectivity index (χ4n) is 9.04. The Kier molecular flexibility index (Phi) is 32.5. The van der Waals surface area contributed by atoms with Crippen LogP contribution in [0.1, 0.15) is 193 Å². The number of nitrogen functional groups attached to an aromatic ring is 1. The van der Waals surface area contributed by atoms with Gasteiger partial charge in [0.1, 0.15) is 36.6 Å². The fraction of sp³-hybridized carbons (Fsp3) is 0.788. The monoisotopic (exact) mass is 1110 g/mol. The molecule has 2 bridgehead atoms. The maximum atomic E-state index is 14.0. The molecule has 2 aliphatic rings. The van der Waals surface area contributed by atoms with Crippen LogP contribution in [0.15, 0.2) is 41.4 Å². The number of hydrogen-bond acceptors (Lipinski definition) is 18. The third-order valence-corrected chi connectivity index (χ3v) is 16.0. The number of cyclic esters (lactones) is 1. The van der Waals surface area contributed by atoms with Gasteiger partial charge in [0.2, 0.25) is 0 Å². The molecule has 1 aromatic rings.